The van der Waals surface area contributed by atoms with Gasteiger partial charge in [0.1, 0.15) is 24.2 Å². The molecule has 0 fully saturated rings. The van der Waals surface area contributed by atoms with Gasteiger partial charge in [-0.3, -0.25) is 0 Å². The van der Waals surface area contributed by atoms with Crippen LogP contribution in [-0.2, 0) is 6.42 Å². The first-order valence-electron chi connectivity index (χ1n) is 10.9. The molecule has 174 valence electrons. The first-order chi connectivity index (χ1) is 15.8. The van der Waals surface area contributed by atoms with Gasteiger partial charge >= 0.3 is 5.97 Å². The second kappa shape index (κ2) is 11.0. The van der Waals surface area contributed by atoms with E-state index in [9.17, 15) is 15.0 Å². The minimum atomic E-state index is -1.03. The lowest BCUT2D eigenvalue weighted by Gasteiger charge is -2.28. The van der Waals surface area contributed by atoms with Crippen molar-refractivity contribution in [2.45, 2.75) is 31.9 Å². The summed E-state index contributed by atoms with van der Waals surface area (Å²) in [5.74, 6) is 0.221. The van der Waals surface area contributed by atoms with Gasteiger partial charge in [0.05, 0.1) is 12.7 Å². The van der Waals surface area contributed by atoms with Crippen LogP contribution in [0.5, 0.6) is 11.5 Å². The van der Waals surface area contributed by atoms with Crippen molar-refractivity contribution in [3.8, 4) is 22.6 Å². The van der Waals surface area contributed by atoms with E-state index < -0.39 is 12.1 Å². The number of hydrogen-bond donors (Lipinski definition) is 3. The number of carbonyl (C=O) groups is 1. The maximum Gasteiger partial charge on any atom is 0.335 e. The van der Waals surface area contributed by atoms with Crippen LogP contribution in [0.15, 0.2) is 72.8 Å². The zero-order valence-corrected chi connectivity index (χ0v) is 19.2. The third kappa shape index (κ3) is 7.07. The summed E-state index contributed by atoms with van der Waals surface area (Å²) in [6, 6.07) is 22.3. The van der Waals surface area contributed by atoms with Gasteiger partial charge in [-0.15, -0.1) is 0 Å². The van der Waals surface area contributed by atoms with E-state index in [0.717, 1.165) is 28.9 Å². The first-order valence-corrected chi connectivity index (χ1v) is 10.9. The molecule has 3 rings (SSSR count). The third-order valence-electron chi connectivity index (χ3n) is 5.37. The van der Waals surface area contributed by atoms with Crippen LogP contribution in [0.2, 0.25) is 0 Å². The molecule has 0 spiro atoms. The Hall–Kier alpha value is -3.35. The molecule has 1 atom stereocenters. The minimum absolute atomic E-state index is 0.0362. The van der Waals surface area contributed by atoms with E-state index in [-0.39, 0.29) is 17.7 Å². The SMILES string of the molecule is COc1ccc(CC(C)(C)NC[C@@H](O)COc2cc(C(=O)O)ccc2-c2ccccc2)cc1. The lowest BCUT2D eigenvalue weighted by Crippen LogP contribution is -2.46. The number of ether oxygens (including phenoxy) is 2. The molecule has 3 N–H and O–H groups in total. The molecule has 0 saturated heterocycles. The molecule has 0 aliphatic rings. The highest BCUT2D eigenvalue weighted by Crippen LogP contribution is 2.31. The van der Waals surface area contributed by atoms with Gasteiger partial charge in [0.15, 0.2) is 0 Å². The largest absolute Gasteiger partial charge is 0.497 e. The molecule has 33 heavy (non-hydrogen) atoms. The molecule has 0 unspecified atom stereocenters. The summed E-state index contributed by atoms with van der Waals surface area (Å²) < 4.78 is 11.1. The lowest BCUT2D eigenvalue weighted by atomic mass is 9.94. The summed E-state index contributed by atoms with van der Waals surface area (Å²) in [6.45, 7) is 4.53. The van der Waals surface area contributed by atoms with Crippen LogP contribution in [0.1, 0.15) is 29.8 Å². The average Bonchev–Trinajstić information content (AvgIpc) is 2.82. The smallest absolute Gasteiger partial charge is 0.335 e. The number of methoxy groups -OCH3 is 1. The maximum absolute atomic E-state index is 11.4. The third-order valence-corrected chi connectivity index (χ3v) is 5.37. The van der Waals surface area contributed by atoms with Crippen LogP contribution >= 0.6 is 0 Å². The number of aliphatic hydroxyl groups is 1. The zero-order chi connectivity index (χ0) is 23.8. The Morgan fingerprint density at radius 1 is 1.03 bits per heavy atom. The maximum atomic E-state index is 11.4. The molecule has 0 heterocycles. The van der Waals surface area contributed by atoms with Gasteiger partial charge in [0.2, 0.25) is 0 Å². The summed E-state index contributed by atoms with van der Waals surface area (Å²) in [5, 5.41) is 23.3. The Bertz CT molecular complexity index is 1050. The number of carboxylic acid groups (broad SMARTS) is 1. The normalized spacial score (nSPS) is 12.2. The summed E-state index contributed by atoms with van der Waals surface area (Å²) in [6.07, 6.45) is 0.0147. The Balaban J connectivity index is 1.61. The Labute approximate surface area is 194 Å². The molecule has 0 radical (unpaired) electrons. The van der Waals surface area contributed by atoms with E-state index in [1.165, 1.54) is 6.07 Å². The van der Waals surface area contributed by atoms with Gasteiger partial charge in [-0.05, 0) is 61.7 Å². The zero-order valence-electron chi connectivity index (χ0n) is 19.2. The second-order valence-corrected chi connectivity index (χ2v) is 8.64. The summed E-state index contributed by atoms with van der Waals surface area (Å²) in [7, 11) is 1.64. The molecule has 0 saturated carbocycles. The average molecular weight is 450 g/mol. The molecular formula is C27H31NO5. The van der Waals surface area contributed by atoms with Crippen LogP contribution in [0.3, 0.4) is 0 Å². The molecule has 0 amide bonds. The van der Waals surface area contributed by atoms with Gasteiger partial charge in [0.25, 0.3) is 0 Å². The van der Waals surface area contributed by atoms with Crippen molar-refractivity contribution in [3.63, 3.8) is 0 Å². The number of hydrogen-bond acceptors (Lipinski definition) is 5. The topological polar surface area (TPSA) is 88.0 Å². The molecule has 0 aliphatic heterocycles. The van der Waals surface area contributed by atoms with Crippen LogP contribution < -0.4 is 14.8 Å². The van der Waals surface area contributed by atoms with Crippen molar-refractivity contribution in [2.24, 2.45) is 0 Å². The fourth-order valence-corrected chi connectivity index (χ4v) is 3.59. The highest BCUT2D eigenvalue weighted by molar-refractivity contribution is 5.89. The van der Waals surface area contributed by atoms with Gasteiger partial charge in [0, 0.05) is 17.6 Å². The van der Waals surface area contributed by atoms with E-state index in [2.05, 4.69) is 19.2 Å². The molecule has 0 aromatic heterocycles. The summed E-state index contributed by atoms with van der Waals surface area (Å²) >= 11 is 0. The number of rotatable bonds is 11. The Morgan fingerprint density at radius 2 is 1.73 bits per heavy atom. The highest BCUT2D eigenvalue weighted by atomic mass is 16.5. The van der Waals surface area contributed by atoms with Crippen LogP contribution in [-0.4, -0.2) is 48.1 Å². The number of aromatic carboxylic acids is 1. The van der Waals surface area contributed by atoms with Crippen molar-refractivity contribution in [1.29, 1.82) is 0 Å². The number of aliphatic hydroxyl groups excluding tert-OH is 1. The summed E-state index contributed by atoms with van der Waals surface area (Å²) in [4.78, 5) is 11.4. The molecule has 3 aromatic rings. The van der Waals surface area contributed by atoms with Crippen molar-refractivity contribution in [3.05, 3.63) is 83.9 Å². The highest BCUT2D eigenvalue weighted by Gasteiger charge is 2.20. The van der Waals surface area contributed by atoms with E-state index >= 15 is 0 Å². The predicted molar refractivity (Wildman–Crippen MR) is 129 cm³/mol. The van der Waals surface area contributed by atoms with Crippen LogP contribution in [0.4, 0.5) is 0 Å². The number of nitrogens with one attached hydrogen (secondary N) is 1. The van der Waals surface area contributed by atoms with Crippen molar-refractivity contribution >= 4 is 5.97 Å². The monoisotopic (exact) mass is 449 g/mol. The molecule has 0 bridgehead atoms. The van der Waals surface area contributed by atoms with E-state index in [1.54, 1.807) is 19.2 Å². The van der Waals surface area contributed by atoms with E-state index in [0.29, 0.717) is 12.3 Å². The number of β-amino-alcohol motifs (C(OH)–C–C–N with tert-alkyl or cyclic N) is 1. The van der Waals surface area contributed by atoms with Gasteiger partial charge < -0.3 is 25.0 Å². The molecule has 6 heteroatoms. The number of carboxylic acids is 1. The van der Waals surface area contributed by atoms with Gasteiger partial charge in [-0.25, -0.2) is 4.79 Å². The predicted octanol–water partition coefficient (Wildman–Crippen LogP) is 4.41. The molecular weight excluding hydrogens is 418 g/mol. The van der Waals surface area contributed by atoms with Crippen molar-refractivity contribution in [1.82, 2.24) is 5.32 Å². The van der Waals surface area contributed by atoms with Gasteiger partial charge in [-0.1, -0.05) is 42.5 Å². The lowest BCUT2D eigenvalue weighted by molar-refractivity contribution is 0.0695. The van der Waals surface area contributed by atoms with E-state index in [1.807, 2.05) is 54.6 Å². The molecule has 3 aromatic carbocycles. The van der Waals surface area contributed by atoms with Gasteiger partial charge in [-0.2, -0.15) is 0 Å². The standard InChI is InChI=1S/C27H31NO5/c1-27(2,16-19-9-12-23(32-3)13-10-19)28-17-22(29)18-33-25-15-21(26(30)31)11-14-24(25)20-7-5-4-6-8-20/h4-15,22,28-29H,16-18H2,1-3H3,(H,30,31)/t22-/m1/s1. The van der Waals surface area contributed by atoms with Crippen molar-refractivity contribution in [2.75, 3.05) is 20.3 Å². The quantitative estimate of drug-likeness (QED) is 0.402. The molecule has 6 nitrogen and oxygen atoms in total. The molecule has 0 aliphatic carbocycles. The Kier molecular flexibility index (Phi) is 8.09. The van der Waals surface area contributed by atoms with Crippen LogP contribution in [0.25, 0.3) is 11.1 Å². The fourth-order valence-electron chi connectivity index (χ4n) is 3.59. The number of benzene rings is 3. The Morgan fingerprint density at radius 3 is 2.36 bits per heavy atom. The van der Waals surface area contributed by atoms with Crippen LogP contribution in [0, 0.1) is 0 Å². The van der Waals surface area contributed by atoms with Crippen molar-refractivity contribution < 1.29 is 24.5 Å². The summed E-state index contributed by atoms with van der Waals surface area (Å²) in [5.41, 5.74) is 2.75. The minimum Gasteiger partial charge on any atom is -0.497 e. The second-order valence-electron chi connectivity index (χ2n) is 8.64. The van der Waals surface area contributed by atoms with E-state index in [4.69, 9.17) is 9.47 Å². The first kappa shape index (κ1) is 24.3. The fraction of sp³-hybridized carbons (Fsp3) is 0.296.